The Balaban J connectivity index is 2.19. The van der Waals surface area contributed by atoms with E-state index in [0.717, 1.165) is 16.7 Å². The highest BCUT2D eigenvalue weighted by molar-refractivity contribution is 5.88. The first kappa shape index (κ1) is 24.4. The zero-order valence-corrected chi connectivity index (χ0v) is 19.1. The summed E-state index contributed by atoms with van der Waals surface area (Å²) in [6.45, 7) is 10.4. The van der Waals surface area contributed by atoms with Gasteiger partial charge in [-0.15, -0.1) is 0 Å². The Labute approximate surface area is 184 Å². The van der Waals surface area contributed by atoms with Crippen molar-refractivity contribution >= 4 is 11.8 Å². The lowest BCUT2D eigenvalue weighted by atomic mass is 10.1. The van der Waals surface area contributed by atoms with E-state index < -0.39 is 6.04 Å². The van der Waals surface area contributed by atoms with Crippen molar-refractivity contribution in [1.29, 1.82) is 0 Å². The second-order valence-electron chi connectivity index (χ2n) is 8.25. The lowest BCUT2D eigenvalue weighted by molar-refractivity contribution is -0.143. The predicted octanol–water partition coefficient (Wildman–Crippen LogP) is 4.40. The topological polar surface area (TPSA) is 58.6 Å². The summed E-state index contributed by atoms with van der Waals surface area (Å²) in [5.74, 6) is 0.0691. The summed E-state index contributed by atoms with van der Waals surface area (Å²) in [4.78, 5) is 27.5. The van der Waals surface area contributed by atoms with Gasteiger partial charge in [-0.25, -0.2) is 4.39 Å². The van der Waals surface area contributed by atoms with Crippen LogP contribution in [0, 0.1) is 25.6 Å². The third kappa shape index (κ3) is 7.39. The number of hydrogen-bond donors (Lipinski definition) is 1. The molecule has 1 N–H and O–H groups in total. The lowest BCUT2D eigenvalue weighted by Crippen LogP contribution is -2.50. The van der Waals surface area contributed by atoms with Crippen molar-refractivity contribution in [3.8, 4) is 5.75 Å². The molecule has 1 unspecified atom stereocenters. The third-order valence-corrected chi connectivity index (χ3v) is 5.18. The van der Waals surface area contributed by atoms with E-state index in [1.807, 2.05) is 52.8 Å². The van der Waals surface area contributed by atoms with Gasteiger partial charge in [-0.05, 0) is 67.1 Å². The van der Waals surface area contributed by atoms with Crippen LogP contribution in [0.15, 0.2) is 42.5 Å². The number of hydrogen-bond acceptors (Lipinski definition) is 3. The molecular weight excluding hydrogens is 395 g/mol. The van der Waals surface area contributed by atoms with Crippen molar-refractivity contribution in [2.24, 2.45) is 5.92 Å². The van der Waals surface area contributed by atoms with Gasteiger partial charge in [0, 0.05) is 13.1 Å². The summed E-state index contributed by atoms with van der Waals surface area (Å²) in [5.41, 5.74) is 2.97. The molecule has 0 saturated heterocycles. The van der Waals surface area contributed by atoms with Gasteiger partial charge in [-0.1, -0.05) is 39.0 Å². The van der Waals surface area contributed by atoms with Crippen molar-refractivity contribution in [2.45, 2.75) is 53.6 Å². The summed E-state index contributed by atoms with van der Waals surface area (Å²) in [6, 6.07) is 11.0. The number of carbonyl (C=O) groups excluding carboxylic acids is 2. The molecule has 2 aromatic rings. The Morgan fingerprint density at radius 2 is 1.74 bits per heavy atom. The summed E-state index contributed by atoms with van der Waals surface area (Å²) < 4.78 is 19.0. The Morgan fingerprint density at radius 3 is 2.32 bits per heavy atom. The first-order chi connectivity index (χ1) is 14.7. The maximum Gasteiger partial charge on any atom is 0.261 e. The van der Waals surface area contributed by atoms with Crippen molar-refractivity contribution in [3.05, 3.63) is 65.0 Å². The van der Waals surface area contributed by atoms with Gasteiger partial charge in [0.05, 0.1) is 0 Å². The van der Waals surface area contributed by atoms with Crippen LogP contribution in [0.25, 0.3) is 0 Å². The molecule has 0 aliphatic rings. The van der Waals surface area contributed by atoms with Crippen LogP contribution in [-0.4, -0.2) is 35.9 Å². The Hall–Kier alpha value is -2.89. The molecule has 0 bridgehead atoms. The van der Waals surface area contributed by atoms with Crippen LogP contribution in [0.3, 0.4) is 0 Å². The van der Waals surface area contributed by atoms with Gasteiger partial charge in [0.25, 0.3) is 5.91 Å². The fourth-order valence-corrected chi connectivity index (χ4v) is 3.16. The van der Waals surface area contributed by atoms with E-state index in [4.69, 9.17) is 4.74 Å². The average molecular weight is 429 g/mol. The number of aryl methyl sites for hydroxylation is 2. The highest BCUT2D eigenvalue weighted by Gasteiger charge is 2.29. The number of halogens is 1. The average Bonchev–Trinajstić information content (AvgIpc) is 2.74. The molecule has 1 atom stereocenters. The smallest absolute Gasteiger partial charge is 0.261 e. The van der Waals surface area contributed by atoms with Crippen LogP contribution >= 0.6 is 0 Å². The highest BCUT2D eigenvalue weighted by atomic mass is 19.1. The van der Waals surface area contributed by atoms with Gasteiger partial charge in [-0.3, -0.25) is 9.59 Å². The van der Waals surface area contributed by atoms with E-state index in [2.05, 4.69) is 5.32 Å². The van der Waals surface area contributed by atoms with Gasteiger partial charge in [-0.2, -0.15) is 0 Å². The molecule has 6 heteroatoms. The minimum Gasteiger partial charge on any atom is -0.484 e. The quantitative estimate of drug-likeness (QED) is 0.610. The number of carbonyl (C=O) groups is 2. The Morgan fingerprint density at radius 1 is 1.06 bits per heavy atom. The van der Waals surface area contributed by atoms with Crippen molar-refractivity contribution < 1.29 is 18.7 Å². The van der Waals surface area contributed by atoms with Crippen LogP contribution in [0.5, 0.6) is 5.75 Å². The monoisotopic (exact) mass is 428 g/mol. The molecule has 2 rings (SSSR count). The molecule has 0 radical (unpaired) electrons. The van der Waals surface area contributed by atoms with Gasteiger partial charge in [0.15, 0.2) is 6.61 Å². The van der Waals surface area contributed by atoms with Crippen LogP contribution in [-0.2, 0) is 16.1 Å². The molecule has 0 saturated carbocycles. The van der Waals surface area contributed by atoms with Gasteiger partial charge in [0.1, 0.15) is 17.6 Å². The van der Waals surface area contributed by atoms with Gasteiger partial charge < -0.3 is 15.0 Å². The Kier molecular flexibility index (Phi) is 9.03. The number of amides is 2. The van der Waals surface area contributed by atoms with Gasteiger partial charge >= 0.3 is 0 Å². The van der Waals surface area contributed by atoms with Crippen LogP contribution in [0.1, 0.15) is 43.9 Å². The second-order valence-corrected chi connectivity index (χ2v) is 8.25. The molecule has 0 fully saturated rings. The summed E-state index contributed by atoms with van der Waals surface area (Å²) in [6.07, 6.45) is 0.459. The fourth-order valence-electron chi connectivity index (χ4n) is 3.16. The van der Waals surface area contributed by atoms with Crippen molar-refractivity contribution in [3.63, 3.8) is 0 Å². The highest BCUT2D eigenvalue weighted by Crippen LogP contribution is 2.18. The van der Waals surface area contributed by atoms with E-state index in [-0.39, 0.29) is 30.8 Å². The fraction of sp³-hybridized carbons (Fsp3) is 0.440. The second kappa shape index (κ2) is 11.5. The van der Waals surface area contributed by atoms with Crippen LogP contribution in [0.4, 0.5) is 4.39 Å². The minimum absolute atomic E-state index is 0.183. The van der Waals surface area contributed by atoms with Crippen LogP contribution < -0.4 is 10.1 Å². The lowest BCUT2D eigenvalue weighted by Gasteiger charge is -2.30. The normalized spacial score (nSPS) is 11.8. The number of nitrogens with one attached hydrogen (secondary N) is 1. The number of benzene rings is 2. The molecule has 31 heavy (non-hydrogen) atoms. The standard InChI is InChI=1S/C25H33FN2O3/c1-6-23(25(30)27-14-17(2)3)28(15-20-8-10-21(26)11-9-20)24(29)16-31-22-12-7-18(4)19(5)13-22/h7-13,17,23H,6,14-16H2,1-5H3,(H,27,30). The molecular formula is C25H33FN2O3. The van der Waals surface area contributed by atoms with E-state index in [0.29, 0.717) is 24.6 Å². The molecule has 0 aliphatic heterocycles. The number of nitrogens with zero attached hydrogens (tertiary/aromatic N) is 1. The third-order valence-electron chi connectivity index (χ3n) is 5.18. The first-order valence-electron chi connectivity index (χ1n) is 10.7. The zero-order chi connectivity index (χ0) is 23.0. The van der Waals surface area contributed by atoms with E-state index in [1.165, 1.54) is 17.0 Å². The molecule has 2 amide bonds. The SMILES string of the molecule is CCC(C(=O)NCC(C)C)N(Cc1ccc(F)cc1)C(=O)COc1ccc(C)c(C)c1. The molecule has 0 aromatic heterocycles. The summed E-state index contributed by atoms with van der Waals surface area (Å²) >= 11 is 0. The van der Waals surface area contributed by atoms with E-state index >= 15 is 0 Å². The molecule has 0 spiro atoms. The first-order valence-corrected chi connectivity index (χ1v) is 10.7. The molecule has 0 heterocycles. The Bertz CT molecular complexity index is 881. The van der Waals surface area contributed by atoms with E-state index in [1.54, 1.807) is 12.1 Å². The van der Waals surface area contributed by atoms with Crippen molar-refractivity contribution in [2.75, 3.05) is 13.2 Å². The molecule has 2 aromatic carbocycles. The van der Waals surface area contributed by atoms with Crippen LogP contribution in [0.2, 0.25) is 0 Å². The summed E-state index contributed by atoms with van der Waals surface area (Å²) in [5, 5.41) is 2.92. The molecule has 168 valence electrons. The van der Waals surface area contributed by atoms with E-state index in [9.17, 15) is 14.0 Å². The maximum absolute atomic E-state index is 13.3. The largest absolute Gasteiger partial charge is 0.484 e. The summed E-state index contributed by atoms with van der Waals surface area (Å²) in [7, 11) is 0. The van der Waals surface area contributed by atoms with Crippen molar-refractivity contribution in [1.82, 2.24) is 10.2 Å². The maximum atomic E-state index is 13.3. The minimum atomic E-state index is -0.639. The number of ether oxygens (including phenoxy) is 1. The van der Waals surface area contributed by atoms with Gasteiger partial charge in [0.2, 0.25) is 5.91 Å². The zero-order valence-electron chi connectivity index (χ0n) is 19.1. The molecule has 5 nitrogen and oxygen atoms in total. The predicted molar refractivity (Wildman–Crippen MR) is 120 cm³/mol. The molecule has 0 aliphatic carbocycles. The number of rotatable bonds is 10.